The molecule has 1 aliphatic rings. The highest BCUT2D eigenvalue weighted by atomic mass is 79.9. The summed E-state index contributed by atoms with van der Waals surface area (Å²) in [5, 5.41) is 3.21. The Morgan fingerprint density at radius 3 is 2.89 bits per heavy atom. The number of methoxy groups -OCH3 is 1. The number of benzene rings is 1. The molecule has 0 spiro atoms. The number of nitrogens with two attached hydrogens (primary N) is 1. The molecule has 3 nitrogen and oxygen atoms in total. The van der Waals surface area contributed by atoms with Crippen LogP contribution in [0, 0.1) is 5.82 Å². The van der Waals surface area contributed by atoms with Gasteiger partial charge in [-0.15, -0.1) is 0 Å². The fourth-order valence-corrected chi connectivity index (χ4v) is 2.89. The highest BCUT2D eigenvalue weighted by molar-refractivity contribution is 9.10. The van der Waals surface area contributed by atoms with Gasteiger partial charge in [0.1, 0.15) is 5.82 Å². The molecular formula is C13H18BrFN2O. The van der Waals surface area contributed by atoms with Crippen molar-refractivity contribution in [3.8, 4) is 0 Å². The molecule has 0 amide bonds. The number of nitrogen functional groups attached to an aromatic ring is 1. The molecule has 100 valence electrons. The van der Waals surface area contributed by atoms with Gasteiger partial charge in [0, 0.05) is 17.6 Å². The minimum Gasteiger partial charge on any atom is -0.397 e. The minimum absolute atomic E-state index is 0.224. The highest BCUT2D eigenvalue weighted by Gasteiger charge is 2.23. The molecule has 0 aliphatic heterocycles. The van der Waals surface area contributed by atoms with E-state index in [9.17, 15) is 4.39 Å². The first kappa shape index (κ1) is 13.6. The zero-order valence-corrected chi connectivity index (χ0v) is 12.0. The van der Waals surface area contributed by atoms with Crippen LogP contribution in [0.5, 0.6) is 0 Å². The van der Waals surface area contributed by atoms with Gasteiger partial charge in [-0.3, -0.25) is 0 Å². The van der Waals surface area contributed by atoms with Crippen molar-refractivity contribution in [2.24, 2.45) is 0 Å². The number of anilines is 2. The standard InChI is InChI=1S/C13H18BrFN2O/c1-18-10-4-2-3-9(7-10)17-13-11(15)5-8(14)6-12(13)16/h5-6,9-10,17H,2-4,7,16H2,1H3/t9-,10-/m1/s1. The van der Waals surface area contributed by atoms with Crippen molar-refractivity contribution in [1.29, 1.82) is 0 Å². The van der Waals surface area contributed by atoms with Crippen LogP contribution in [0.3, 0.4) is 0 Å². The van der Waals surface area contributed by atoms with Gasteiger partial charge in [0.15, 0.2) is 0 Å². The third-order valence-electron chi connectivity index (χ3n) is 3.39. The van der Waals surface area contributed by atoms with Gasteiger partial charge in [0.25, 0.3) is 0 Å². The van der Waals surface area contributed by atoms with Crippen molar-refractivity contribution in [1.82, 2.24) is 0 Å². The fraction of sp³-hybridized carbons (Fsp3) is 0.538. The molecule has 0 heterocycles. The van der Waals surface area contributed by atoms with Crippen molar-refractivity contribution in [2.75, 3.05) is 18.2 Å². The first-order valence-electron chi connectivity index (χ1n) is 6.14. The molecule has 2 rings (SSSR count). The summed E-state index contributed by atoms with van der Waals surface area (Å²) in [6.07, 6.45) is 4.34. The average Bonchev–Trinajstić information content (AvgIpc) is 2.34. The number of hydrogen-bond donors (Lipinski definition) is 2. The Morgan fingerprint density at radius 1 is 1.44 bits per heavy atom. The van der Waals surface area contributed by atoms with Crippen molar-refractivity contribution in [3.05, 3.63) is 22.4 Å². The first-order chi connectivity index (χ1) is 8.60. The molecule has 1 aliphatic carbocycles. The number of rotatable bonds is 3. The van der Waals surface area contributed by atoms with E-state index in [4.69, 9.17) is 10.5 Å². The molecule has 1 saturated carbocycles. The van der Waals surface area contributed by atoms with Gasteiger partial charge in [0.05, 0.1) is 17.5 Å². The maximum Gasteiger partial charge on any atom is 0.149 e. The monoisotopic (exact) mass is 316 g/mol. The largest absolute Gasteiger partial charge is 0.397 e. The minimum atomic E-state index is -0.318. The molecule has 0 unspecified atom stereocenters. The zero-order valence-electron chi connectivity index (χ0n) is 10.4. The van der Waals surface area contributed by atoms with Crippen LogP contribution in [0.25, 0.3) is 0 Å². The van der Waals surface area contributed by atoms with Crippen LogP contribution < -0.4 is 11.1 Å². The first-order valence-corrected chi connectivity index (χ1v) is 6.93. The number of nitrogens with one attached hydrogen (secondary N) is 1. The number of ether oxygens (including phenoxy) is 1. The summed E-state index contributed by atoms with van der Waals surface area (Å²) in [5.41, 5.74) is 6.68. The summed E-state index contributed by atoms with van der Waals surface area (Å²) in [6, 6.07) is 3.36. The lowest BCUT2D eigenvalue weighted by Crippen LogP contribution is -2.31. The van der Waals surface area contributed by atoms with E-state index in [1.807, 2.05) is 0 Å². The third kappa shape index (κ3) is 3.14. The Kier molecular flexibility index (Phi) is 4.45. The fourth-order valence-electron chi connectivity index (χ4n) is 2.44. The van der Waals surface area contributed by atoms with Crippen LogP contribution >= 0.6 is 15.9 Å². The van der Waals surface area contributed by atoms with Crippen molar-refractivity contribution < 1.29 is 9.13 Å². The SMILES string of the molecule is CO[C@@H]1CCC[C@@H](Nc2c(N)cc(Br)cc2F)C1. The summed E-state index contributed by atoms with van der Waals surface area (Å²) in [5.74, 6) is -0.318. The van der Waals surface area contributed by atoms with Gasteiger partial charge in [-0.05, 0) is 37.8 Å². The second kappa shape index (κ2) is 5.89. The van der Waals surface area contributed by atoms with Gasteiger partial charge in [-0.1, -0.05) is 15.9 Å². The van der Waals surface area contributed by atoms with Crippen LogP contribution in [0.2, 0.25) is 0 Å². The predicted molar refractivity (Wildman–Crippen MR) is 75.2 cm³/mol. The Labute approximate surface area is 115 Å². The van der Waals surface area contributed by atoms with Crippen molar-refractivity contribution in [3.63, 3.8) is 0 Å². The maximum absolute atomic E-state index is 13.8. The Morgan fingerprint density at radius 2 is 2.22 bits per heavy atom. The second-order valence-corrected chi connectivity index (χ2v) is 5.63. The van der Waals surface area contributed by atoms with Gasteiger partial charge in [-0.25, -0.2) is 4.39 Å². The summed E-state index contributed by atoms with van der Waals surface area (Å²) in [7, 11) is 1.72. The quantitative estimate of drug-likeness (QED) is 0.838. The molecule has 1 aromatic rings. The smallest absolute Gasteiger partial charge is 0.149 e. The van der Waals surface area contributed by atoms with Gasteiger partial charge < -0.3 is 15.8 Å². The van der Waals surface area contributed by atoms with Gasteiger partial charge >= 0.3 is 0 Å². The van der Waals surface area contributed by atoms with E-state index in [2.05, 4.69) is 21.2 Å². The molecule has 3 N–H and O–H groups in total. The van der Waals surface area contributed by atoms with E-state index < -0.39 is 0 Å². The topological polar surface area (TPSA) is 47.3 Å². The van der Waals surface area contributed by atoms with Crippen LogP contribution in [-0.4, -0.2) is 19.3 Å². The molecule has 1 fully saturated rings. The molecule has 2 atom stereocenters. The lowest BCUT2D eigenvalue weighted by molar-refractivity contribution is 0.0669. The number of halogens is 2. The molecule has 5 heteroatoms. The Balaban J connectivity index is 2.09. The normalized spacial score (nSPS) is 23.9. The van der Waals surface area contributed by atoms with Crippen LogP contribution in [0.4, 0.5) is 15.8 Å². The molecule has 18 heavy (non-hydrogen) atoms. The predicted octanol–water partition coefficient (Wildman–Crippen LogP) is 3.54. The molecule has 0 radical (unpaired) electrons. The number of hydrogen-bond acceptors (Lipinski definition) is 3. The summed E-state index contributed by atoms with van der Waals surface area (Å²) in [6.45, 7) is 0. The molecule has 1 aromatic carbocycles. The average molecular weight is 317 g/mol. The van der Waals surface area contributed by atoms with Gasteiger partial charge in [0.2, 0.25) is 0 Å². The van der Waals surface area contributed by atoms with E-state index in [-0.39, 0.29) is 18.0 Å². The van der Waals surface area contributed by atoms with Crippen LogP contribution in [0.1, 0.15) is 25.7 Å². The molecular weight excluding hydrogens is 299 g/mol. The van der Waals surface area contributed by atoms with E-state index in [1.165, 1.54) is 6.07 Å². The Hall–Kier alpha value is -0.810. The van der Waals surface area contributed by atoms with Crippen molar-refractivity contribution >= 4 is 27.3 Å². The summed E-state index contributed by atoms with van der Waals surface area (Å²) in [4.78, 5) is 0. The Bertz CT molecular complexity index is 404. The van der Waals surface area contributed by atoms with Gasteiger partial charge in [-0.2, -0.15) is 0 Å². The molecule has 0 aromatic heterocycles. The van der Waals surface area contributed by atoms with Crippen LogP contribution in [-0.2, 0) is 4.74 Å². The second-order valence-electron chi connectivity index (χ2n) is 4.72. The lowest BCUT2D eigenvalue weighted by atomic mass is 9.92. The third-order valence-corrected chi connectivity index (χ3v) is 3.85. The van der Waals surface area contributed by atoms with E-state index in [0.717, 1.165) is 25.7 Å². The zero-order chi connectivity index (χ0) is 13.1. The van der Waals surface area contributed by atoms with E-state index in [0.29, 0.717) is 15.8 Å². The highest BCUT2D eigenvalue weighted by Crippen LogP contribution is 2.30. The van der Waals surface area contributed by atoms with E-state index in [1.54, 1.807) is 13.2 Å². The molecule has 0 saturated heterocycles. The van der Waals surface area contributed by atoms with Crippen LogP contribution in [0.15, 0.2) is 16.6 Å². The summed E-state index contributed by atoms with van der Waals surface area (Å²) < 4.78 is 19.9. The van der Waals surface area contributed by atoms with Crippen molar-refractivity contribution in [2.45, 2.75) is 37.8 Å². The lowest BCUT2D eigenvalue weighted by Gasteiger charge is -2.30. The maximum atomic E-state index is 13.8. The van der Waals surface area contributed by atoms with E-state index >= 15 is 0 Å². The molecule has 0 bridgehead atoms. The summed E-state index contributed by atoms with van der Waals surface area (Å²) >= 11 is 3.23.